The summed E-state index contributed by atoms with van der Waals surface area (Å²) < 4.78 is 27.7. The van der Waals surface area contributed by atoms with Gasteiger partial charge in [-0.25, -0.2) is 0 Å². The van der Waals surface area contributed by atoms with E-state index in [2.05, 4.69) is 16.8 Å². The predicted molar refractivity (Wildman–Crippen MR) is 113 cm³/mol. The number of methoxy groups -OCH3 is 1. The lowest BCUT2D eigenvalue weighted by Crippen LogP contribution is -2.39. The summed E-state index contributed by atoms with van der Waals surface area (Å²) in [7, 11) is 1.59. The number of carbonyl (C=O) groups is 1. The van der Waals surface area contributed by atoms with Crippen molar-refractivity contribution in [1.82, 2.24) is 5.32 Å². The maximum absolute atomic E-state index is 12.6. The van der Waals surface area contributed by atoms with E-state index in [1.165, 1.54) is 0 Å². The van der Waals surface area contributed by atoms with E-state index in [1.807, 2.05) is 18.4 Å². The Labute approximate surface area is 182 Å². The standard InChI is InChI=1S/C21H33NO7S/c1-3-28-21-17(4-8-26-11-12-27-10-7-23)18(16-5-13-30-15-16)14-19(29-21)20(24)22-6-9-25-2/h5,13-15,17-18,21,23H,3-4,6-12H2,1-2H3,(H,22,24)/t17-,18-,21-/m0/s1. The molecule has 30 heavy (non-hydrogen) atoms. The van der Waals surface area contributed by atoms with Crippen LogP contribution < -0.4 is 5.32 Å². The molecular formula is C21H33NO7S. The molecule has 0 aromatic carbocycles. The Morgan fingerprint density at radius 3 is 2.70 bits per heavy atom. The Bertz CT molecular complexity index is 623. The molecule has 1 aliphatic heterocycles. The van der Waals surface area contributed by atoms with Crippen LogP contribution in [0.5, 0.6) is 0 Å². The summed E-state index contributed by atoms with van der Waals surface area (Å²) in [5, 5.41) is 15.6. The van der Waals surface area contributed by atoms with Gasteiger partial charge in [-0.05, 0) is 41.8 Å². The van der Waals surface area contributed by atoms with Crippen LogP contribution in [-0.2, 0) is 28.5 Å². The Hall–Kier alpha value is -1.49. The quantitative estimate of drug-likeness (QED) is 0.400. The van der Waals surface area contributed by atoms with Crippen molar-refractivity contribution in [3.05, 3.63) is 34.2 Å². The second kappa shape index (κ2) is 14.5. The summed E-state index contributed by atoms with van der Waals surface area (Å²) in [4.78, 5) is 12.6. The second-order valence-electron chi connectivity index (χ2n) is 6.70. The van der Waals surface area contributed by atoms with Crippen molar-refractivity contribution >= 4 is 17.2 Å². The number of hydrogen-bond acceptors (Lipinski definition) is 8. The monoisotopic (exact) mass is 443 g/mol. The van der Waals surface area contributed by atoms with E-state index >= 15 is 0 Å². The maximum atomic E-state index is 12.6. The van der Waals surface area contributed by atoms with Crippen LogP contribution in [-0.4, -0.2) is 77.2 Å². The average molecular weight is 444 g/mol. The van der Waals surface area contributed by atoms with Crippen LogP contribution >= 0.6 is 11.3 Å². The summed E-state index contributed by atoms with van der Waals surface area (Å²) in [6.45, 7) is 4.96. The van der Waals surface area contributed by atoms with Crippen molar-refractivity contribution in [2.24, 2.45) is 5.92 Å². The fourth-order valence-corrected chi connectivity index (χ4v) is 3.95. The average Bonchev–Trinajstić information content (AvgIpc) is 3.28. The fraction of sp³-hybridized carbons (Fsp3) is 0.667. The zero-order valence-electron chi connectivity index (χ0n) is 17.7. The van der Waals surface area contributed by atoms with Gasteiger partial charge in [-0.1, -0.05) is 0 Å². The van der Waals surface area contributed by atoms with Crippen LogP contribution in [0.25, 0.3) is 0 Å². The van der Waals surface area contributed by atoms with Gasteiger partial charge in [0.1, 0.15) is 0 Å². The van der Waals surface area contributed by atoms with Crippen molar-refractivity contribution in [3.63, 3.8) is 0 Å². The lowest BCUT2D eigenvalue weighted by molar-refractivity contribution is -0.168. The lowest BCUT2D eigenvalue weighted by atomic mass is 9.82. The molecule has 0 unspecified atom stereocenters. The van der Waals surface area contributed by atoms with Crippen molar-refractivity contribution in [1.29, 1.82) is 0 Å². The highest BCUT2D eigenvalue weighted by atomic mass is 32.1. The van der Waals surface area contributed by atoms with E-state index in [-0.39, 0.29) is 30.1 Å². The Morgan fingerprint density at radius 2 is 2.03 bits per heavy atom. The SMILES string of the molecule is CCO[C@H]1OC(C(=O)NCCOC)=C[C@@H](c2ccsc2)[C@@H]1CCOCCOCCO. The molecule has 8 nitrogen and oxygen atoms in total. The van der Waals surface area contributed by atoms with Gasteiger partial charge in [0, 0.05) is 38.7 Å². The van der Waals surface area contributed by atoms with E-state index in [0.29, 0.717) is 52.6 Å². The number of allylic oxidation sites excluding steroid dienone is 1. The van der Waals surface area contributed by atoms with Crippen molar-refractivity contribution < 1.29 is 33.6 Å². The summed E-state index contributed by atoms with van der Waals surface area (Å²) in [6, 6.07) is 2.07. The summed E-state index contributed by atoms with van der Waals surface area (Å²) in [6.07, 6.45) is 2.05. The molecule has 0 saturated carbocycles. The van der Waals surface area contributed by atoms with Crippen LogP contribution in [0.4, 0.5) is 0 Å². The maximum Gasteiger partial charge on any atom is 0.286 e. The lowest BCUT2D eigenvalue weighted by Gasteiger charge is -2.36. The molecule has 170 valence electrons. The number of aliphatic hydroxyl groups is 1. The third-order valence-corrected chi connectivity index (χ3v) is 5.36. The van der Waals surface area contributed by atoms with Gasteiger partial charge >= 0.3 is 0 Å². The van der Waals surface area contributed by atoms with Gasteiger partial charge in [-0.3, -0.25) is 4.79 Å². The minimum absolute atomic E-state index is 0.00544. The van der Waals surface area contributed by atoms with Crippen molar-refractivity contribution in [2.75, 3.05) is 59.9 Å². The highest BCUT2D eigenvalue weighted by Crippen LogP contribution is 2.39. The molecule has 1 aromatic rings. The number of nitrogens with one attached hydrogen (secondary N) is 1. The summed E-state index contributed by atoms with van der Waals surface area (Å²) >= 11 is 1.62. The number of ether oxygens (including phenoxy) is 5. The normalized spacial score (nSPS) is 21.2. The Kier molecular flexibility index (Phi) is 12.0. The molecule has 0 spiro atoms. The van der Waals surface area contributed by atoms with Gasteiger partial charge in [0.2, 0.25) is 6.29 Å². The number of carbonyl (C=O) groups excluding carboxylic acids is 1. The Balaban J connectivity index is 2.05. The van der Waals surface area contributed by atoms with E-state index in [4.69, 9.17) is 28.8 Å². The van der Waals surface area contributed by atoms with E-state index in [1.54, 1.807) is 18.4 Å². The fourth-order valence-electron chi connectivity index (χ4n) is 3.24. The van der Waals surface area contributed by atoms with Crippen LogP contribution in [0.15, 0.2) is 28.7 Å². The van der Waals surface area contributed by atoms with E-state index < -0.39 is 6.29 Å². The van der Waals surface area contributed by atoms with Gasteiger partial charge in [0.25, 0.3) is 5.91 Å². The Morgan fingerprint density at radius 1 is 1.23 bits per heavy atom. The summed E-state index contributed by atoms with van der Waals surface area (Å²) in [5.41, 5.74) is 1.13. The molecule has 1 amide bonds. The molecule has 0 radical (unpaired) electrons. The highest BCUT2D eigenvalue weighted by Gasteiger charge is 2.38. The molecule has 2 N–H and O–H groups in total. The molecule has 1 aliphatic rings. The molecule has 0 bridgehead atoms. The molecule has 9 heteroatoms. The number of amides is 1. The van der Waals surface area contributed by atoms with Crippen LogP contribution in [0.1, 0.15) is 24.8 Å². The highest BCUT2D eigenvalue weighted by molar-refractivity contribution is 7.08. The smallest absolute Gasteiger partial charge is 0.286 e. The zero-order chi connectivity index (χ0) is 21.6. The number of aliphatic hydroxyl groups excluding tert-OH is 1. The number of thiophene rings is 1. The minimum atomic E-state index is -0.540. The summed E-state index contributed by atoms with van der Waals surface area (Å²) in [5.74, 6) is -0.00422. The molecule has 0 aliphatic carbocycles. The first-order valence-corrected chi connectivity index (χ1v) is 11.2. The number of rotatable bonds is 15. The third kappa shape index (κ3) is 7.98. The second-order valence-corrected chi connectivity index (χ2v) is 7.48. The topological polar surface area (TPSA) is 95.5 Å². The first kappa shape index (κ1) is 24.8. The molecule has 0 fully saturated rings. The first-order chi connectivity index (χ1) is 14.7. The van der Waals surface area contributed by atoms with Crippen LogP contribution in [0, 0.1) is 5.92 Å². The largest absolute Gasteiger partial charge is 0.459 e. The van der Waals surface area contributed by atoms with Crippen molar-refractivity contribution in [3.8, 4) is 0 Å². The molecule has 1 aromatic heterocycles. The van der Waals surface area contributed by atoms with Gasteiger partial charge < -0.3 is 34.1 Å². The van der Waals surface area contributed by atoms with Gasteiger partial charge in [-0.15, -0.1) is 0 Å². The molecule has 3 atom stereocenters. The first-order valence-electron chi connectivity index (χ1n) is 10.3. The molecule has 2 heterocycles. The van der Waals surface area contributed by atoms with E-state index in [9.17, 15) is 4.79 Å². The van der Waals surface area contributed by atoms with E-state index in [0.717, 1.165) is 5.56 Å². The predicted octanol–water partition coefficient (Wildman–Crippen LogP) is 1.90. The van der Waals surface area contributed by atoms with Gasteiger partial charge in [0.05, 0.1) is 33.0 Å². The van der Waals surface area contributed by atoms with Crippen molar-refractivity contribution in [2.45, 2.75) is 25.6 Å². The van der Waals surface area contributed by atoms with Crippen LogP contribution in [0.2, 0.25) is 0 Å². The molecular weight excluding hydrogens is 410 g/mol. The van der Waals surface area contributed by atoms with Gasteiger partial charge in [0.15, 0.2) is 5.76 Å². The molecule has 0 saturated heterocycles. The number of hydrogen-bond donors (Lipinski definition) is 2. The minimum Gasteiger partial charge on any atom is -0.459 e. The third-order valence-electron chi connectivity index (χ3n) is 4.66. The molecule has 2 rings (SSSR count). The van der Waals surface area contributed by atoms with Crippen LogP contribution in [0.3, 0.4) is 0 Å². The van der Waals surface area contributed by atoms with Gasteiger partial charge in [-0.2, -0.15) is 11.3 Å². The zero-order valence-corrected chi connectivity index (χ0v) is 18.5.